The van der Waals surface area contributed by atoms with Gasteiger partial charge in [0.1, 0.15) is 0 Å². The van der Waals surface area contributed by atoms with Gasteiger partial charge in [-0.15, -0.1) is 0 Å². The lowest BCUT2D eigenvalue weighted by Gasteiger charge is -2.09. The van der Waals surface area contributed by atoms with Crippen LogP contribution in [0.25, 0.3) is 77.1 Å². The summed E-state index contributed by atoms with van der Waals surface area (Å²) in [6.45, 7) is 0. The van der Waals surface area contributed by atoms with Crippen LogP contribution in [-0.2, 0) is 0 Å². The molecule has 3 aromatic heterocycles. The van der Waals surface area contributed by atoms with E-state index in [4.69, 9.17) is 9.97 Å². The van der Waals surface area contributed by atoms with Gasteiger partial charge in [0.05, 0.1) is 27.9 Å². The summed E-state index contributed by atoms with van der Waals surface area (Å²) < 4.78 is 0. The van der Waals surface area contributed by atoms with Crippen LogP contribution in [-0.4, -0.2) is 15.0 Å². The number of fused-ring (bicyclic) bond motifs is 5. The molecule has 3 heterocycles. The second-order valence-corrected chi connectivity index (χ2v) is 10.2. The van der Waals surface area contributed by atoms with Crippen LogP contribution in [0.4, 0.5) is 0 Å². The smallest absolute Gasteiger partial charge is 0.0972 e. The highest BCUT2D eigenvalue weighted by Crippen LogP contribution is 2.31. The molecule has 0 unspecified atom stereocenters. The SMILES string of the molecule is c1ccc2cc(-c3ccc(-c4ccc5ccc6ccc(-c7ccc8ncccc8c7)nc6c5n4)cc3)ccc2c1. The van der Waals surface area contributed by atoms with E-state index in [1.807, 2.05) is 12.3 Å². The molecule has 0 saturated carbocycles. The zero-order chi connectivity index (χ0) is 26.5. The fourth-order valence-electron chi connectivity index (χ4n) is 5.53. The zero-order valence-electron chi connectivity index (χ0n) is 21.6. The second-order valence-electron chi connectivity index (χ2n) is 10.2. The minimum Gasteiger partial charge on any atom is -0.256 e. The topological polar surface area (TPSA) is 38.7 Å². The van der Waals surface area contributed by atoms with Gasteiger partial charge >= 0.3 is 0 Å². The number of pyridine rings is 3. The summed E-state index contributed by atoms with van der Waals surface area (Å²) in [5.41, 5.74) is 9.24. The van der Waals surface area contributed by atoms with Crippen molar-refractivity contribution < 1.29 is 0 Å². The van der Waals surface area contributed by atoms with Crippen molar-refractivity contribution in [1.82, 2.24) is 15.0 Å². The van der Waals surface area contributed by atoms with Crippen molar-refractivity contribution in [3.8, 4) is 33.6 Å². The predicted molar refractivity (Wildman–Crippen MR) is 166 cm³/mol. The number of hydrogen-bond donors (Lipinski definition) is 0. The standard InChI is InChI=1S/C37H23N3/c1-2-5-29-22-30(14-9-24(29)4-1)25-7-10-26(11-8-25)34-19-15-27-12-13-28-16-20-35(40-37(28)36(27)39-34)32-17-18-33-31(23-32)6-3-21-38-33/h1-23H. The van der Waals surface area contributed by atoms with Crippen molar-refractivity contribution in [1.29, 1.82) is 0 Å². The zero-order valence-corrected chi connectivity index (χ0v) is 21.6. The summed E-state index contributed by atoms with van der Waals surface area (Å²) in [4.78, 5) is 14.7. The molecular formula is C37H23N3. The molecule has 0 fully saturated rings. The van der Waals surface area contributed by atoms with Gasteiger partial charge in [-0.3, -0.25) is 4.98 Å². The molecule has 0 radical (unpaired) electrons. The highest BCUT2D eigenvalue weighted by Gasteiger charge is 2.10. The van der Waals surface area contributed by atoms with E-state index in [-0.39, 0.29) is 0 Å². The highest BCUT2D eigenvalue weighted by atomic mass is 14.8. The monoisotopic (exact) mass is 509 g/mol. The fourth-order valence-corrected chi connectivity index (χ4v) is 5.53. The van der Waals surface area contributed by atoms with Crippen LogP contribution >= 0.6 is 0 Å². The van der Waals surface area contributed by atoms with E-state index in [2.05, 4.69) is 132 Å². The van der Waals surface area contributed by atoms with E-state index in [0.717, 1.165) is 55.2 Å². The van der Waals surface area contributed by atoms with Gasteiger partial charge in [0.2, 0.25) is 0 Å². The Morgan fingerprint density at radius 3 is 1.68 bits per heavy atom. The molecule has 186 valence electrons. The van der Waals surface area contributed by atoms with Crippen molar-refractivity contribution >= 4 is 43.5 Å². The van der Waals surface area contributed by atoms with Gasteiger partial charge in [0.15, 0.2) is 0 Å². The molecule has 0 saturated heterocycles. The maximum Gasteiger partial charge on any atom is 0.0972 e. The van der Waals surface area contributed by atoms with Crippen LogP contribution in [0.3, 0.4) is 0 Å². The number of rotatable bonds is 3. The van der Waals surface area contributed by atoms with Gasteiger partial charge in [-0.05, 0) is 58.3 Å². The number of benzene rings is 5. The first-order chi connectivity index (χ1) is 19.8. The molecule has 5 aromatic carbocycles. The van der Waals surface area contributed by atoms with Crippen LogP contribution in [0.1, 0.15) is 0 Å². The molecule has 0 aliphatic carbocycles. The molecule has 8 aromatic rings. The molecule has 0 aliphatic heterocycles. The summed E-state index contributed by atoms with van der Waals surface area (Å²) in [7, 11) is 0. The van der Waals surface area contributed by atoms with Gasteiger partial charge in [0.25, 0.3) is 0 Å². The Balaban J connectivity index is 1.20. The van der Waals surface area contributed by atoms with E-state index >= 15 is 0 Å². The van der Waals surface area contributed by atoms with E-state index in [9.17, 15) is 0 Å². The third-order valence-corrected chi connectivity index (χ3v) is 7.68. The molecule has 3 heteroatoms. The molecular weight excluding hydrogens is 486 g/mol. The summed E-state index contributed by atoms with van der Waals surface area (Å²) in [6.07, 6.45) is 1.82. The quantitative estimate of drug-likeness (QED) is 0.223. The lowest BCUT2D eigenvalue weighted by molar-refractivity contribution is 1.36. The summed E-state index contributed by atoms with van der Waals surface area (Å²) in [5, 5.41) is 5.77. The maximum atomic E-state index is 5.13. The van der Waals surface area contributed by atoms with Crippen molar-refractivity contribution in [2.24, 2.45) is 0 Å². The van der Waals surface area contributed by atoms with Gasteiger partial charge in [-0.1, -0.05) is 97.1 Å². The Kier molecular flexibility index (Phi) is 5.14. The average Bonchev–Trinajstić information content (AvgIpc) is 3.04. The van der Waals surface area contributed by atoms with Crippen LogP contribution in [0.2, 0.25) is 0 Å². The average molecular weight is 510 g/mol. The van der Waals surface area contributed by atoms with Crippen molar-refractivity contribution in [2.75, 3.05) is 0 Å². The van der Waals surface area contributed by atoms with Gasteiger partial charge in [0, 0.05) is 33.5 Å². The summed E-state index contributed by atoms with van der Waals surface area (Å²) in [5.74, 6) is 0. The molecule has 0 bridgehead atoms. The van der Waals surface area contributed by atoms with Crippen LogP contribution in [0, 0.1) is 0 Å². The van der Waals surface area contributed by atoms with Crippen LogP contribution < -0.4 is 0 Å². The Labute approximate surface area is 231 Å². The Hall–Kier alpha value is -5.41. The Morgan fingerprint density at radius 1 is 0.350 bits per heavy atom. The van der Waals surface area contributed by atoms with Crippen molar-refractivity contribution in [3.05, 3.63) is 140 Å². The molecule has 0 aliphatic rings. The number of hydrogen-bond acceptors (Lipinski definition) is 3. The Morgan fingerprint density at radius 2 is 0.900 bits per heavy atom. The van der Waals surface area contributed by atoms with Crippen LogP contribution in [0.5, 0.6) is 0 Å². The van der Waals surface area contributed by atoms with Gasteiger partial charge in [-0.2, -0.15) is 0 Å². The van der Waals surface area contributed by atoms with Crippen LogP contribution in [0.15, 0.2) is 140 Å². The predicted octanol–water partition coefficient (Wildman–Crippen LogP) is 9.49. The first-order valence-electron chi connectivity index (χ1n) is 13.4. The minimum atomic E-state index is 0.913. The summed E-state index contributed by atoms with van der Waals surface area (Å²) >= 11 is 0. The summed E-state index contributed by atoms with van der Waals surface area (Å²) in [6, 6.07) is 46.8. The number of nitrogens with zero attached hydrogens (tertiary/aromatic N) is 3. The first-order valence-corrected chi connectivity index (χ1v) is 13.4. The molecule has 0 amide bonds. The second kappa shape index (κ2) is 9.11. The first kappa shape index (κ1) is 22.6. The largest absolute Gasteiger partial charge is 0.256 e. The molecule has 0 atom stereocenters. The van der Waals surface area contributed by atoms with Gasteiger partial charge < -0.3 is 0 Å². The van der Waals surface area contributed by atoms with Crippen molar-refractivity contribution in [3.63, 3.8) is 0 Å². The normalized spacial score (nSPS) is 11.5. The molecule has 3 nitrogen and oxygen atoms in total. The number of aromatic nitrogens is 3. The lowest BCUT2D eigenvalue weighted by Crippen LogP contribution is -1.91. The van der Waals surface area contributed by atoms with Crippen molar-refractivity contribution in [2.45, 2.75) is 0 Å². The molecule has 8 rings (SSSR count). The maximum absolute atomic E-state index is 5.13. The van der Waals surface area contributed by atoms with E-state index in [1.54, 1.807) is 0 Å². The third-order valence-electron chi connectivity index (χ3n) is 7.68. The van der Waals surface area contributed by atoms with E-state index in [0.29, 0.717) is 0 Å². The fraction of sp³-hybridized carbons (Fsp3) is 0. The Bertz CT molecular complexity index is 2220. The molecule has 40 heavy (non-hydrogen) atoms. The highest BCUT2D eigenvalue weighted by molar-refractivity contribution is 6.04. The minimum absolute atomic E-state index is 0.913. The molecule has 0 N–H and O–H groups in total. The molecule has 0 spiro atoms. The van der Waals surface area contributed by atoms with E-state index in [1.165, 1.54) is 21.9 Å². The lowest BCUT2D eigenvalue weighted by atomic mass is 9.99. The third kappa shape index (κ3) is 3.88. The van der Waals surface area contributed by atoms with E-state index < -0.39 is 0 Å². The van der Waals surface area contributed by atoms with Gasteiger partial charge in [-0.25, -0.2) is 9.97 Å².